The number of hydrogen-bond acceptors (Lipinski definition) is 3. The topological polar surface area (TPSA) is 35.9 Å². The second-order valence-corrected chi connectivity index (χ2v) is 5.39. The summed E-state index contributed by atoms with van der Waals surface area (Å²) in [7, 11) is 0. The minimum absolute atomic E-state index is 0.0244. The highest BCUT2D eigenvalue weighted by Crippen LogP contribution is 2.31. The molecular weight excluding hydrogens is 350 g/mol. The van der Waals surface area contributed by atoms with Gasteiger partial charge in [-0.1, -0.05) is 11.6 Å². The predicted molar refractivity (Wildman–Crippen MR) is 83.5 cm³/mol. The molecule has 2 heterocycles. The maximum Gasteiger partial charge on any atom is 0.262 e. The van der Waals surface area contributed by atoms with Gasteiger partial charge in [0.15, 0.2) is 0 Å². The maximum absolute atomic E-state index is 14.2. The van der Waals surface area contributed by atoms with Crippen molar-refractivity contribution in [3.05, 3.63) is 40.6 Å². The van der Waals surface area contributed by atoms with Crippen LogP contribution < -0.4 is 4.90 Å². The Bertz CT molecular complexity index is 708. The van der Waals surface area contributed by atoms with Crippen LogP contribution in [0.3, 0.4) is 0 Å². The summed E-state index contributed by atoms with van der Waals surface area (Å²) in [5.41, 5.74) is 0.648. The second-order valence-electron chi connectivity index (χ2n) is 4.98. The standard InChI is InChI=1S/C14H12ClF2N3O.CH2F2/c1-8-5-11(10(16)6-9(8)15)20-13(21)7-12(17)19-4-2-3-18-14(19)20;2-1-3/h5-7H,2-4H2,1H3;1H2. The summed E-state index contributed by atoms with van der Waals surface area (Å²) in [4.78, 5) is 18.6. The fraction of sp³-hybridized carbons (Fsp3) is 0.333. The van der Waals surface area contributed by atoms with Crippen LogP contribution in [0.5, 0.6) is 0 Å². The maximum atomic E-state index is 14.2. The second kappa shape index (κ2) is 7.65. The van der Waals surface area contributed by atoms with Crippen LogP contribution >= 0.6 is 11.6 Å². The van der Waals surface area contributed by atoms with Crippen LogP contribution in [0.2, 0.25) is 5.02 Å². The number of rotatable bonds is 1. The average Bonchev–Trinajstić information content (AvgIpc) is 2.53. The smallest absolute Gasteiger partial charge is 0.262 e. The van der Waals surface area contributed by atoms with Crippen molar-refractivity contribution in [2.45, 2.75) is 13.3 Å². The molecule has 2 aliphatic rings. The van der Waals surface area contributed by atoms with Gasteiger partial charge in [-0.15, -0.1) is 0 Å². The number of halogens is 5. The van der Waals surface area contributed by atoms with Crippen LogP contribution in [0.4, 0.5) is 23.2 Å². The van der Waals surface area contributed by atoms with Gasteiger partial charge >= 0.3 is 0 Å². The largest absolute Gasteiger partial charge is 0.288 e. The molecule has 1 aromatic rings. The average molecular weight is 364 g/mol. The van der Waals surface area contributed by atoms with E-state index in [1.165, 1.54) is 11.0 Å². The molecule has 3 rings (SSSR count). The van der Waals surface area contributed by atoms with E-state index < -0.39 is 24.6 Å². The number of hydrogen-bond donors (Lipinski definition) is 0. The van der Waals surface area contributed by atoms with E-state index in [9.17, 15) is 22.4 Å². The Morgan fingerprint density at radius 2 is 1.96 bits per heavy atom. The van der Waals surface area contributed by atoms with E-state index in [-0.39, 0.29) is 16.7 Å². The molecule has 0 aromatic heterocycles. The zero-order chi connectivity index (χ0) is 17.9. The Kier molecular flexibility index (Phi) is 5.82. The van der Waals surface area contributed by atoms with Crippen LogP contribution in [0.1, 0.15) is 12.0 Å². The van der Waals surface area contributed by atoms with Crippen LogP contribution in [0, 0.1) is 12.7 Å². The van der Waals surface area contributed by atoms with E-state index in [0.29, 0.717) is 25.1 Å². The number of aryl methyl sites for hydroxylation is 1. The molecule has 0 N–H and O–H groups in total. The van der Waals surface area contributed by atoms with Crippen LogP contribution in [0.15, 0.2) is 29.2 Å². The number of fused-ring (bicyclic) bond motifs is 1. The zero-order valence-electron chi connectivity index (χ0n) is 12.7. The lowest BCUT2D eigenvalue weighted by molar-refractivity contribution is -0.114. The molecule has 0 saturated heterocycles. The fourth-order valence-corrected chi connectivity index (χ4v) is 2.52. The molecule has 0 saturated carbocycles. The van der Waals surface area contributed by atoms with Crippen LogP contribution in [-0.4, -0.2) is 36.8 Å². The predicted octanol–water partition coefficient (Wildman–Crippen LogP) is 3.89. The molecule has 0 radical (unpaired) electrons. The van der Waals surface area contributed by atoms with Crippen molar-refractivity contribution in [3.63, 3.8) is 0 Å². The van der Waals surface area contributed by atoms with Gasteiger partial charge in [-0.25, -0.2) is 18.1 Å². The fourth-order valence-electron chi connectivity index (χ4n) is 2.37. The lowest BCUT2D eigenvalue weighted by Gasteiger charge is -2.37. The van der Waals surface area contributed by atoms with Crippen LogP contribution in [-0.2, 0) is 4.79 Å². The number of carbonyl (C=O) groups is 1. The van der Waals surface area contributed by atoms with Gasteiger partial charge in [0.25, 0.3) is 5.91 Å². The molecule has 0 bridgehead atoms. The molecule has 2 aliphatic heterocycles. The van der Waals surface area contributed by atoms with Crippen molar-refractivity contribution in [1.82, 2.24) is 4.90 Å². The van der Waals surface area contributed by atoms with Gasteiger partial charge in [-0.3, -0.25) is 14.7 Å². The van der Waals surface area contributed by atoms with Gasteiger partial charge in [-0.05, 0) is 31.0 Å². The summed E-state index contributed by atoms with van der Waals surface area (Å²) >= 11 is 5.87. The number of aliphatic imine (C=N–C) groups is 1. The third kappa shape index (κ3) is 3.53. The highest BCUT2D eigenvalue weighted by atomic mass is 35.5. The lowest BCUT2D eigenvalue weighted by atomic mass is 10.1. The third-order valence-corrected chi connectivity index (χ3v) is 3.83. The van der Waals surface area contributed by atoms with Crippen molar-refractivity contribution in [2.75, 3.05) is 24.9 Å². The number of carbonyl (C=O) groups excluding carboxylic acids is 1. The summed E-state index contributed by atoms with van der Waals surface area (Å²) < 4.78 is 47.3. The lowest BCUT2D eigenvalue weighted by Crippen LogP contribution is -2.52. The molecule has 1 aromatic carbocycles. The Labute approximate surface area is 141 Å². The van der Waals surface area contributed by atoms with E-state index in [1.807, 2.05) is 0 Å². The SMILES string of the molecule is Cc1cc(N2C(=O)C=C(F)N3CCCN=C32)c(F)cc1Cl.FCF. The molecule has 130 valence electrons. The first-order valence-corrected chi connectivity index (χ1v) is 7.39. The van der Waals surface area contributed by atoms with Gasteiger partial charge < -0.3 is 0 Å². The summed E-state index contributed by atoms with van der Waals surface area (Å²) in [6.45, 7) is 0.826. The molecule has 24 heavy (non-hydrogen) atoms. The van der Waals surface area contributed by atoms with Crippen molar-refractivity contribution >= 4 is 29.2 Å². The molecule has 4 nitrogen and oxygen atoms in total. The number of amides is 1. The molecule has 0 atom stereocenters. The number of anilines is 1. The summed E-state index contributed by atoms with van der Waals surface area (Å²) in [5, 5.41) is 0.268. The molecule has 0 aliphatic carbocycles. The van der Waals surface area contributed by atoms with E-state index >= 15 is 0 Å². The Morgan fingerprint density at radius 1 is 1.29 bits per heavy atom. The van der Waals surface area contributed by atoms with Gasteiger partial charge in [0.2, 0.25) is 18.8 Å². The van der Waals surface area contributed by atoms with Crippen molar-refractivity contribution < 1.29 is 22.4 Å². The minimum atomic E-state index is -1.75. The van der Waals surface area contributed by atoms with Gasteiger partial charge in [0.05, 0.1) is 11.8 Å². The van der Waals surface area contributed by atoms with Gasteiger partial charge in [0, 0.05) is 18.1 Å². The van der Waals surface area contributed by atoms with Crippen molar-refractivity contribution in [3.8, 4) is 0 Å². The third-order valence-electron chi connectivity index (χ3n) is 3.42. The van der Waals surface area contributed by atoms with Gasteiger partial charge in [-0.2, -0.15) is 4.39 Å². The van der Waals surface area contributed by atoms with E-state index in [0.717, 1.165) is 17.0 Å². The number of guanidine groups is 1. The Balaban J connectivity index is 0.000000647. The Hall–Kier alpha value is -2.09. The van der Waals surface area contributed by atoms with E-state index in [2.05, 4.69) is 4.99 Å². The van der Waals surface area contributed by atoms with E-state index in [4.69, 9.17) is 11.6 Å². The monoisotopic (exact) mass is 363 g/mol. The zero-order valence-corrected chi connectivity index (χ0v) is 13.5. The molecule has 1 amide bonds. The Morgan fingerprint density at radius 3 is 2.62 bits per heavy atom. The molecular formula is C15H14ClF4N3O. The minimum Gasteiger partial charge on any atom is -0.288 e. The summed E-state index contributed by atoms with van der Waals surface area (Å²) in [6, 6.07) is 2.60. The van der Waals surface area contributed by atoms with Crippen molar-refractivity contribution in [2.24, 2.45) is 4.99 Å². The highest BCUT2D eigenvalue weighted by Gasteiger charge is 2.35. The van der Waals surface area contributed by atoms with Crippen LogP contribution in [0.25, 0.3) is 0 Å². The molecule has 0 fully saturated rings. The summed E-state index contributed by atoms with van der Waals surface area (Å²) in [6.07, 6.45) is 1.52. The molecule has 9 heteroatoms. The van der Waals surface area contributed by atoms with Gasteiger partial charge in [0.1, 0.15) is 5.82 Å². The first-order valence-electron chi connectivity index (χ1n) is 7.01. The number of benzene rings is 1. The normalized spacial score (nSPS) is 16.8. The molecule has 0 spiro atoms. The quantitative estimate of drug-likeness (QED) is 0.560. The highest BCUT2D eigenvalue weighted by molar-refractivity contribution is 6.31. The van der Waals surface area contributed by atoms with Crippen molar-refractivity contribution in [1.29, 1.82) is 0 Å². The molecule has 0 unspecified atom stereocenters. The summed E-state index contributed by atoms with van der Waals surface area (Å²) in [5.74, 6) is -1.86. The first-order chi connectivity index (χ1) is 11.4. The number of nitrogens with zero attached hydrogens (tertiary/aromatic N) is 3. The van der Waals surface area contributed by atoms with E-state index in [1.54, 1.807) is 6.92 Å². The first kappa shape index (κ1) is 18.3. The number of alkyl halides is 2.